The Morgan fingerprint density at radius 1 is 1.17 bits per heavy atom. The molecule has 8 heteroatoms. The summed E-state index contributed by atoms with van der Waals surface area (Å²) in [5.41, 5.74) is 3.11. The predicted molar refractivity (Wildman–Crippen MR) is 106 cm³/mol. The minimum Gasteiger partial charge on any atom is -0.354 e. The van der Waals surface area contributed by atoms with Gasteiger partial charge < -0.3 is 14.4 Å². The molecule has 1 atom stereocenters. The smallest absolute Gasteiger partial charge is 0.273 e. The number of aromatic amines is 1. The largest absolute Gasteiger partial charge is 0.354 e. The molecule has 0 saturated carbocycles. The van der Waals surface area contributed by atoms with Gasteiger partial charge in [-0.1, -0.05) is 29.8 Å². The molecule has 1 aromatic heterocycles. The summed E-state index contributed by atoms with van der Waals surface area (Å²) in [5.74, 6) is -0.575. The van der Waals surface area contributed by atoms with E-state index in [2.05, 4.69) is 10.2 Å². The number of carbonyl (C=O) groups is 1. The number of benzene rings is 2. The second kappa shape index (κ2) is 7.94. The zero-order valence-electron chi connectivity index (χ0n) is 15.9. The number of ether oxygens (including phenoxy) is 2. The van der Waals surface area contributed by atoms with Gasteiger partial charge in [0.05, 0.1) is 18.3 Å². The Morgan fingerprint density at radius 2 is 1.86 bits per heavy atom. The van der Waals surface area contributed by atoms with Gasteiger partial charge in [0.2, 0.25) is 0 Å². The van der Waals surface area contributed by atoms with Crippen LogP contribution in [0.15, 0.2) is 48.5 Å². The van der Waals surface area contributed by atoms with Crippen LogP contribution < -0.4 is 0 Å². The van der Waals surface area contributed by atoms with Crippen molar-refractivity contribution in [1.82, 2.24) is 15.1 Å². The molecule has 1 aliphatic rings. The molecule has 0 aliphatic carbocycles. The van der Waals surface area contributed by atoms with Crippen molar-refractivity contribution in [3.05, 3.63) is 76.2 Å². The number of amides is 1. The van der Waals surface area contributed by atoms with E-state index in [-0.39, 0.29) is 18.3 Å². The first kappa shape index (κ1) is 19.6. The second-order valence-electron chi connectivity index (χ2n) is 6.65. The van der Waals surface area contributed by atoms with E-state index >= 15 is 0 Å². The highest BCUT2D eigenvalue weighted by atomic mass is 35.5. The van der Waals surface area contributed by atoms with E-state index in [0.29, 0.717) is 27.5 Å². The monoisotopic (exact) mass is 415 g/mol. The average molecular weight is 416 g/mol. The summed E-state index contributed by atoms with van der Waals surface area (Å²) >= 11 is 6.49. The Morgan fingerprint density at radius 3 is 2.52 bits per heavy atom. The first-order chi connectivity index (χ1) is 14.0. The molecule has 1 amide bonds. The normalized spacial score (nSPS) is 16.0. The summed E-state index contributed by atoms with van der Waals surface area (Å²) in [6, 6.07) is 12.9. The minimum absolute atomic E-state index is 0.201. The molecular weight excluding hydrogens is 397 g/mol. The summed E-state index contributed by atoms with van der Waals surface area (Å²) in [5, 5.41) is 7.72. The number of nitrogens with one attached hydrogen (secondary N) is 1. The quantitative estimate of drug-likeness (QED) is 0.617. The lowest BCUT2D eigenvalue weighted by Crippen LogP contribution is -2.38. The number of fused-ring (bicyclic) bond motifs is 1. The molecule has 150 valence electrons. The number of nitrogens with zero attached hydrogens (tertiary/aromatic N) is 2. The SMILES string of the molecule is COC(CN1C(=O)c2[nH]nc(-c3ccc(F)cc3)c2C1c1ccccc1Cl)OC. The molecule has 0 radical (unpaired) electrons. The number of rotatable bonds is 6. The Hall–Kier alpha value is -2.74. The molecule has 2 heterocycles. The number of carbonyl (C=O) groups excluding carboxylic acids is 1. The maximum Gasteiger partial charge on any atom is 0.273 e. The molecule has 0 bridgehead atoms. The maximum atomic E-state index is 13.4. The molecule has 0 saturated heterocycles. The number of hydrogen-bond donors (Lipinski definition) is 1. The molecule has 1 N–H and O–H groups in total. The standard InChI is InChI=1S/C21H19ClFN3O3/c1-28-16(29-2)11-26-20(14-5-3-4-6-15(14)22)17-18(24-25-19(17)21(26)27)12-7-9-13(23)10-8-12/h3-10,16,20H,11H2,1-2H3,(H,24,25). The minimum atomic E-state index is -0.602. The van der Waals surface area contributed by atoms with Gasteiger partial charge in [0.15, 0.2) is 6.29 Å². The summed E-state index contributed by atoms with van der Waals surface area (Å²) in [6.07, 6.45) is -0.602. The highest BCUT2D eigenvalue weighted by molar-refractivity contribution is 6.31. The molecule has 0 spiro atoms. The van der Waals surface area contributed by atoms with Crippen molar-refractivity contribution in [1.29, 1.82) is 0 Å². The molecular formula is C21H19ClFN3O3. The lowest BCUT2D eigenvalue weighted by atomic mass is 9.96. The van der Waals surface area contributed by atoms with Crippen LogP contribution in [0.5, 0.6) is 0 Å². The van der Waals surface area contributed by atoms with Crippen LogP contribution in [0.1, 0.15) is 27.7 Å². The topological polar surface area (TPSA) is 67.5 Å². The van der Waals surface area contributed by atoms with E-state index in [1.54, 1.807) is 23.1 Å². The van der Waals surface area contributed by atoms with Crippen LogP contribution in [-0.2, 0) is 9.47 Å². The van der Waals surface area contributed by atoms with Gasteiger partial charge in [0, 0.05) is 30.4 Å². The third-order valence-corrected chi connectivity index (χ3v) is 5.40. The molecule has 6 nitrogen and oxygen atoms in total. The Bertz CT molecular complexity index is 1030. The van der Waals surface area contributed by atoms with Crippen molar-refractivity contribution >= 4 is 17.5 Å². The molecule has 3 aromatic rings. The van der Waals surface area contributed by atoms with Crippen LogP contribution in [0, 0.1) is 5.82 Å². The lowest BCUT2D eigenvalue weighted by molar-refractivity contribution is -0.113. The van der Waals surface area contributed by atoms with Crippen LogP contribution in [0.4, 0.5) is 4.39 Å². The third-order valence-electron chi connectivity index (χ3n) is 5.05. The van der Waals surface area contributed by atoms with Gasteiger partial charge in [0.25, 0.3) is 5.91 Å². The van der Waals surface area contributed by atoms with E-state index in [4.69, 9.17) is 21.1 Å². The van der Waals surface area contributed by atoms with E-state index in [1.807, 2.05) is 18.2 Å². The Labute approximate surface area is 172 Å². The molecule has 2 aromatic carbocycles. The van der Waals surface area contributed by atoms with E-state index < -0.39 is 12.3 Å². The fraction of sp³-hybridized carbons (Fsp3) is 0.238. The van der Waals surface area contributed by atoms with Gasteiger partial charge in [-0.2, -0.15) is 5.10 Å². The van der Waals surface area contributed by atoms with E-state index in [1.165, 1.54) is 26.4 Å². The van der Waals surface area contributed by atoms with Crippen molar-refractivity contribution in [2.75, 3.05) is 20.8 Å². The number of H-pyrrole nitrogens is 1. The molecule has 4 rings (SSSR count). The highest BCUT2D eigenvalue weighted by Crippen LogP contribution is 2.44. The number of hydrogen-bond acceptors (Lipinski definition) is 4. The number of methoxy groups -OCH3 is 2. The Kier molecular flexibility index (Phi) is 5.36. The Balaban J connectivity index is 1.87. The van der Waals surface area contributed by atoms with Crippen LogP contribution in [0.25, 0.3) is 11.3 Å². The molecule has 29 heavy (non-hydrogen) atoms. The van der Waals surface area contributed by atoms with Gasteiger partial charge in [-0.25, -0.2) is 4.39 Å². The number of halogens is 2. The van der Waals surface area contributed by atoms with Crippen molar-refractivity contribution in [2.45, 2.75) is 12.3 Å². The lowest BCUT2D eigenvalue weighted by Gasteiger charge is -2.29. The van der Waals surface area contributed by atoms with Crippen molar-refractivity contribution < 1.29 is 18.7 Å². The first-order valence-electron chi connectivity index (χ1n) is 9.00. The number of aromatic nitrogens is 2. The molecule has 1 aliphatic heterocycles. The summed E-state index contributed by atoms with van der Waals surface area (Å²) in [4.78, 5) is 14.8. The highest BCUT2D eigenvalue weighted by Gasteiger charge is 2.43. The summed E-state index contributed by atoms with van der Waals surface area (Å²) in [7, 11) is 3.04. The van der Waals surface area contributed by atoms with Gasteiger partial charge in [-0.15, -0.1) is 0 Å². The fourth-order valence-corrected chi connectivity index (χ4v) is 3.88. The maximum absolute atomic E-state index is 13.4. The van der Waals surface area contributed by atoms with Gasteiger partial charge in [0.1, 0.15) is 11.5 Å². The zero-order valence-corrected chi connectivity index (χ0v) is 16.6. The average Bonchev–Trinajstić information content (AvgIpc) is 3.27. The van der Waals surface area contributed by atoms with Gasteiger partial charge in [-0.3, -0.25) is 9.89 Å². The van der Waals surface area contributed by atoms with E-state index in [0.717, 1.165) is 5.56 Å². The molecule has 1 unspecified atom stereocenters. The third kappa shape index (κ3) is 3.42. The predicted octanol–water partition coefficient (Wildman–Crippen LogP) is 4.03. The van der Waals surface area contributed by atoms with Crippen molar-refractivity contribution in [2.24, 2.45) is 0 Å². The second-order valence-corrected chi connectivity index (χ2v) is 7.06. The van der Waals surface area contributed by atoms with E-state index in [9.17, 15) is 9.18 Å². The van der Waals surface area contributed by atoms with Gasteiger partial charge in [-0.05, 0) is 35.9 Å². The van der Waals surface area contributed by atoms with Crippen LogP contribution in [0.2, 0.25) is 5.02 Å². The van der Waals surface area contributed by atoms with Crippen LogP contribution in [-0.4, -0.2) is 48.1 Å². The molecule has 0 fully saturated rings. The van der Waals surface area contributed by atoms with Crippen LogP contribution >= 0.6 is 11.6 Å². The first-order valence-corrected chi connectivity index (χ1v) is 9.38. The summed E-state index contributed by atoms with van der Waals surface area (Å²) < 4.78 is 24.0. The zero-order chi connectivity index (χ0) is 20.5. The van der Waals surface area contributed by atoms with Crippen molar-refractivity contribution in [3.63, 3.8) is 0 Å². The summed E-state index contributed by atoms with van der Waals surface area (Å²) in [6.45, 7) is 0.201. The van der Waals surface area contributed by atoms with Crippen LogP contribution in [0.3, 0.4) is 0 Å². The van der Waals surface area contributed by atoms with Gasteiger partial charge >= 0.3 is 0 Å². The van der Waals surface area contributed by atoms with Crippen molar-refractivity contribution in [3.8, 4) is 11.3 Å². The fourth-order valence-electron chi connectivity index (χ4n) is 3.64.